The van der Waals surface area contributed by atoms with E-state index in [2.05, 4.69) is 15.2 Å². The fourth-order valence-corrected chi connectivity index (χ4v) is 1.10. The quantitative estimate of drug-likeness (QED) is 0.725. The van der Waals surface area contributed by atoms with Crippen LogP contribution in [0.1, 0.15) is 5.56 Å². The Morgan fingerprint density at radius 1 is 1.07 bits per heavy atom. The molecule has 0 bridgehead atoms. The zero-order chi connectivity index (χ0) is 10.9. The molecular formula is C8H5F3N4. The highest BCUT2D eigenvalue weighted by molar-refractivity contribution is 5.33. The third kappa shape index (κ3) is 1.80. The Balaban J connectivity index is 2.58. The summed E-state index contributed by atoms with van der Waals surface area (Å²) in [5.74, 6) is -0.324. The standard InChI is InChI=1S/C8H5F3N4/c9-8(10,11)6-2-1-3-12-7(6)15-13-4-5-14-15/h1-5H. The second kappa shape index (κ2) is 3.34. The van der Waals surface area contributed by atoms with E-state index in [0.29, 0.717) is 0 Å². The molecule has 0 atom stereocenters. The first kappa shape index (κ1) is 9.63. The van der Waals surface area contributed by atoms with Crippen molar-refractivity contribution in [2.24, 2.45) is 0 Å². The molecule has 2 aromatic rings. The van der Waals surface area contributed by atoms with E-state index in [1.807, 2.05) is 0 Å². The molecule has 78 valence electrons. The van der Waals surface area contributed by atoms with Crippen molar-refractivity contribution >= 4 is 0 Å². The van der Waals surface area contributed by atoms with E-state index in [9.17, 15) is 13.2 Å². The van der Waals surface area contributed by atoms with Gasteiger partial charge in [0.2, 0.25) is 0 Å². The molecule has 0 aliphatic rings. The molecule has 0 N–H and O–H groups in total. The van der Waals surface area contributed by atoms with Gasteiger partial charge < -0.3 is 0 Å². The van der Waals surface area contributed by atoms with Crippen LogP contribution in [-0.2, 0) is 6.18 Å². The third-order valence-electron chi connectivity index (χ3n) is 1.70. The van der Waals surface area contributed by atoms with Gasteiger partial charge in [0.25, 0.3) is 0 Å². The molecule has 2 heterocycles. The minimum atomic E-state index is -4.46. The smallest absolute Gasteiger partial charge is 0.235 e. The molecule has 0 aliphatic carbocycles. The Morgan fingerprint density at radius 2 is 1.73 bits per heavy atom. The van der Waals surface area contributed by atoms with Crippen LogP contribution in [0.4, 0.5) is 13.2 Å². The minimum Gasteiger partial charge on any atom is -0.235 e. The lowest BCUT2D eigenvalue weighted by molar-refractivity contribution is -0.137. The lowest BCUT2D eigenvalue weighted by atomic mass is 10.2. The molecule has 0 aliphatic heterocycles. The minimum absolute atomic E-state index is 0.324. The molecule has 0 saturated carbocycles. The van der Waals surface area contributed by atoms with Gasteiger partial charge in [-0.3, -0.25) is 0 Å². The average molecular weight is 214 g/mol. The second-order valence-corrected chi connectivity index (χ2v) is 2.69. The van der Waals surface area contributed by atoms with Gasteiger partial charge in [0, 0.05) is 6.20 Å². The molecule has 0 aromatic carbocycles. The third-order valence-corrected chi connectivity index (χ3v) is 1.70. The fourth-order valence-electron chi connectivity index (χ4n) is 1.10. The van der Waals surface area contributed by atoms with Gasteiger partial charge >= 0.3 is 6.18 Å². The second-order valence-electron chi connectivity index (χ2n) is 2.69. The Morgan fingerprint density at radius 3 is 2.33 bits per heavy atom. The number of alkyl halides is 3. The predicted octanol–water partition coefficient (Wildman–Crippen LogP) is 1.68. The number of nitrogens with zero attached hydrogens (tertiary/aromatic N) is 4. The fraction of sp³-hybridized carbons (Fsp3) is 0.125. The maximum Gasteiger partial charge on any atom is 0.420 e. The molecule has 0 spiro atoms. The van der Waals surface area contributed by atoms with Gasteiger partial charge in [-0.25, -0.2) is 4.98 Å². The van der Waals surface area contributed by atoms with E-state index < -0.39 is 11.7 Å². The van der Waals surface area contributed by atoms with Crippen LogP contribution in [0.5, 0.6) is 0 Å². The molecule has 0 radical (unpaired) electrons. The molecule has 0 amide bonds. The summed E-state index contributed by atoms with van der Waals surface area (Å²) in [5.41, 5.74) is -0.860. The maximum absolute atomic E-state index is 12.5. The Labute approximate surface area is 82.4 Å². The molecule has 15 heavy (non-hydrogen) atoms. The van der Waals surface area contributed by atoms with Gasteiger partial charge in [0.15, 0.2) is 5.82 Å². The highest BCUT2D eigenvalue weighted by Gasteiger charge is 2.35. The topological polar surface area (TPSA) is 43.6 Å². The van der Waals surface area contributed by atoms with Crippen LogP contribution in [0, 0.1) is 0 Å². The summed E-state index contributed by atoms with van der Waals surface area (Å²) in [6.45, 7) is 0. The van der Waals surface area contributed by atoms with Crippen molar-refractivity contribution in [3.63, 3.8) is 0 Å². The van der Waals surface area contributed by atoms with Crippen molar-refractivity contribution in [1.82, 2.24) is 20.0 Å². The van der Waals surface area contributed by atoms with Gasteiger partial charge in [-0.1, -0.05) is 0 Å². The molecular weight excluding hydrogens is 209 g/mol. The van der Waals surface area contributed by atoms with E-state index in [1.54, 1.807) is 0 Å². The Bertz CT molecular complexity index is 449. The van der Waals surface area contributed by atoms with Crippen molar-refractivity contribution in [3.05, 3.63) is 36.3 Å². The van der Waals surface area contributed by atoms with Crippen LogP contribution < -0.4 is 0 Å². The van der Waals surface area contributed by atoms with E-state index in [1.165, 1.54) is 24.7 Å². The molecule has 2 aromatic heterocycles. The van der Waals surface area contributed by atoms with Crippen molar-refractivity contribution < 1.29 is 13.2 Å². The van der Waals surface area contributed by atoms with Crippen LogP contribution in [0.3, 0.4) is 0 Å². The number of hydrogen-bond donors (Lipinski definition) is 0. The predicted molar refractivity (Wildman–Crippen MR) is 44.2 cm³/mol. The highest BCUT2D eigenvalue weighted by Crippen LogP contribution is 2.31. The van der Waals surface area contributed by atoms with Crippen LogP contribution >= 0.6 is 0 Å². The summed E-state index contributed by atoms with van der Waals surface area (Å²) < 4.78 is 37.6. The molecule has 0 fully saturated rings. The number of hydrogen-bond acceptors (Lipinski definition) is 3. The van der Waals surface area contributed by atoms with Gasteiger partial charge in [-0.05, 0) is 12.1 Å². The number of halogens is 3. The van der Waals surface area contributed by atoms with Gasteiger partial charge in [-0.15, -0.1) is 4.80 Å². The zero-order valence-corrected chi connectivity index (χ0v) is 7.31. The average Bonchev–Trinajstić information content (AvgIpc) is 2.69. The number of rotatable bonds is 1. The summed E-state index contributed by atoms with van der Waals surface area (Å²) in [6.07, 6.45) is -0.630. The van der Waals surface area contributed by atoms with Crippen molar-refractivity contribution in [3.8, 4) is 5.82 Å². The van der Waals surface area contributed by atoms with Crippen LogP contribution in [0.25, 0.3) is 5.82 Å². The Hall–Kier alpha value is -1.92. The molecule has 7 heteroatoms. The van der Waals surface area contributed by atoms with E-state index >= 15 is 0 Å². The van der Waals surface area contributed by atoms with E-state index in [-0.39, 0.29) is 5.82 Å². The summed E-state index contributed by atoms with van der Waals surface area (Å²) in [5, 5.41) is 7.21. The van der Waals surface area contributed by atoms with Crippen molar-refractivity contribution in [1.29, 1.82) is 0 Å². The largest absolute Gasteiger partial charge is 0.420 e. The number of pyridine rings is 1. The first-order chi connectivity index (χ1) is 7.09. The van der Waals surface area contributed by atoms with E-state index in [0.717, 1.165) is 10.9 Å². The molecule has 0 unspecified atom stereocenters. The van der Waals surface area contributed by atoms with Gasteiger partial charge in [-0.2, -0.15) is 23.4 Å². The normalized spacial score (nSPS) is 11.7. The summed E-state index contributed by atoms with van der Waals surface area (Å²) >= 11 is 0. The maximum atomic E-state index is 12.5. The van der Waals surface area contributed by atoms with Gasteiger partial charge in [0.05, 0.1) is 12.4 Å². The number of aromatic nitrogens is 4. The van der Waals surface area contributed by atoms with E-state index in [4.69, 9.17) is 0 Å². The van der Waals surface area contributed by atoms with Crippen LogP contribution in [0.15, 0.2) is 30.7 Å². The molecule has 0 saturated heterocycles. The summed E-state index contributed by atoms with van der Waals surface area (Å²) in [4.78, 5) is 4.44. The van der Waals surface area contributed by atoms with Gasteiger partial charge in [0.1, 0.15) is 5.56 Å². The van der Waals surface area contributed by atoms with Crippen LogP contribution in [0.2, 0.25) is 0 Å². The first-order valence-corrected chi connectivity index (χ1v) is 3.98. The van der Waals surface area contributed by atoms with Crippen molar-refractivity contribution in [2.75, 3.05) is 0 Å². The lowest BCUT2D eigenvalue weighted by Gasteiger charge is -2.09. The lowest BCUT2D eigenvalue weighted by Crippen LogP contribution is -2.13. The SMILES string of the molecule is FC(F)(F)c1cccnc1-n1nccn1. The first-order valence-electron chi connectivity index (χ1n) is 3.98. The molecule has 2 rings (SSSR count). The van der Waals surface area contributed by atoms with Crippen molar-refractivity contribution in [2.45, 2.75) is 6.18 Å². The highest BCUT2D eigenvalue weighted by atomic mass is 19.4. The molecule has 4 nitrogen and oxygen atoms in total. The summed E-state index contributed by atoms with van der Waals surface area (Å²) in [7, 11) is 0. The monoisotopic (exact) mass is 214 g/mol. The summed E-state index contributed by atoms with van der Waals surface area (Å²) in [6, 6.07) is 2.15. The zero-order valence-electron chi connectivity index (χ0n) is 7.31. The van der Waals surface area contributed by atoms with Crippen LogP contribution in [-0.4, -0.2) is 20.0 Å². The Kier molecular flexibility index (Phi) is 2.14.